The largest absolute Gasteiger partial charge is 0.490 e. The third-order valence-corrected chi connectivity index (χ3v) is 7.83. The number of sulfonamides is 1. The Morgan fingerprint density at radius 1 is 1.06 bits per heavy atom. The van der Waals surface area contributed by atoms with Crippen molar-refractivity contribution in [1.29, 1.82) is 0 Å². The van der Waals surface area contributed by atoms with Gasteiger partial charge >= 0.3 is 0 Å². The van der Waals surface area contributed by atoms with Crippen molar-refractivity contribution in [3.05, 3.63) is 59.7 Å². The Hall–Kier alpha value is -3.02. The van der Waals surface area contributed by atoms with Gasteiger partial charge in [0, 0.05) is 24.3 Å². The highest BCUT2D eigenvalue weighted by Crippen LogP contribution is 2.25. The first-order valence-electron chi connectivity index (χ1n) is 10.5. The zero-order valence-corrected chi connectivity index (χ0v) is 19.9. The smallest absolute Gasteiger partial charge is 0.291 e. The SMILES string of the molecule is Cc1ccc(C(=O)Nc2nnc(S(=O)(=O)Nc3ccc(OC4CCN(C)CC4)cc3)s2)cc1. The Kier molecular flexibility index (Phi) is 6.91. The van der Waals surface area contributed by atoms with Crippen molar-refractivity contribution < 1.29 is 17.9 Å². The van der Waals surface area contributed by atoms with Gasteiger partial charge in [0.2, 0.25) is 5.13 Å². The minimum Gasteiger partial charge on any atom is -0.490 e. The highest BCUT2D eigenvalue weighted by molar-refractivity contribution is 7.94. The van der Waals surface area contributed by atoms with E-state index in [1.54, 1.807) is 36.4 Å². The molecule has 0 atom stereocenters. The molecular formula is C22H25N5O4S2. The lowest BCUT2D eigenvalue weighted by Gasteiger charge is -2.29. The number of ether oxygens (including phenoxy) is 1. The second-order valence-electron chi connectivity index (χ2n) is 7.94. The van der Waals surface area contributed by atoms with Gasteiger partial charge in [0.05, 0.1) is 0 Å². The predicted molar refractivity (Wildman–Crippen MR) is 127 cm³/mol. The summed E-state index contributed by atoms with van der Waals surface area (Å²) in [5.41, 5.74) is 1.86. The number of benzene rings is 2. The molecule has 0 unspecified atom stereocenters. The molecule has 9 nitrogen and oxygen atoms in total. The van der Waals surface area contributed by atoms with Gasteiger partial charge in [-0.15, -0.1) is 10.2 Å². The van der Waals surface area contributed by atoms with Crippen LogP contribution in [0.2, 0.25) is 0 Å². The van der Waals surface area contributed by atoms with E-state index in [1.807, 2.05) is 19.1 Å². The van der Waals surface area contributed by atoms with Gasteiger partial charge in [-0.2, -0.15) is 8.42 Å². The predicted octanol–water partition coefficient (Wildman–Crippen LogP) is 3.37. The molecule has 0 bridgehead atoms. The van der Waals surface area contributed by atoms with Crippen molar-refractivity contribution in [2.45, 2.75) is 30.2 Å². The number of aromatic nitrogens is 2. The van der Waals surface area contributed by atoms with Crippen LogP contribution in [0.4, 0.5) is 10.8 Å². The van der Waals surface area contributed by atoms with E-state index in [0.717, 1.165) is 42.8 Å². The molecule has 0 saturated carbocycles. The summed E-state index contributed by atoms with van der Waals surface area (Å²) in [6.45, 7) is 3.92. The Morgan fingerprint density at radius 3 is 2.39 bits per heavy atom. The van der Waals surface area contributed by atoms with Gasteiger partial charge in [0.15, 0.2) is 0 Å². The van der Waals surface area contributed by atoms with Gasteiger partial charge in [-0.25, -0.2) is 0 Å². The summed E-state index contributed by atoms with van der Waals surface area (Å²) in [5.74, 6) is 0.313. The molecule has 2 heterocycles. The minimum atomic E-state index is -3.95. The standard InChI is InChI=1S/C22H25N5O4S2/c1-15-3-5-16(6-4-15)20(28)23-21-24-25-22(32-21)33(29,30)26-17-7-9-18(10-8-17)31-19-11-13-27(2)14-12-19/h3-10,19,26H,11-14H2,1-2H3,(H,23,24,28). The van der Waals surface area contributed by atoms with Gasteiger partial charge < -0.3 is 9.64 Å². The summed E-state index contributed by atoms with van der Waals surface area (Å²) in [6.07, 6.45) is 2.09. The van der Waals surface area contributed by atoms with Crippen LogP contribution in [0.15, 0.2) is 52.9 Å². The van der Waals surface area contributed by atoms with Crippen molar-refractivity contribution in [3.63, 3.8) is 0 Å². The van der Waals surface area contributed by atoms with Crippen molar-refractivity contribution in [3.8, 4) is 5.75 Å². The number of aryl methyl sites for hydroxylation is 1. The van der Waals surface area contributed by atoms with Crippen LogP contribution in [0, 0.1) is 6.92 Å². The maximum atomic E-state index is 12.7. The molecule has 1 aromatic heterocycles. The van der Waals surface area contributed by atoms with Gasteiger partial charge in [-0.1, -0.05) is 29.0 Å². The highest BCUT2D eigenvalue weighted by Gasteiger charge is 2.22. The van der Waals surface area contributed by atoms with Crippen LogP contribution in [0.25, 0.3) is 0 Å². The molecule has 1 saturated heterocycles. The minimum absolute atomic E-state index is 0.0998. The molecule has 11 heteroatoms. The number of hydrogen-bond acceptors (Lipinski definition) is 8. The third-order valence-electron chi connectivity index (χ3n) is 5.25. The fraction of sp³-hybridized carbons (Fsp3) is 0.318. The topological polar surface area (TPSA) is 114 Å². The number of nitrogens with zero attached hydrogens (tertiary/aromatic N) is 3. The fourth-order valence-electron chi connectivity index (χ4n) is 3.34. The molecule has 4 rings (SSSR count). The molecule has 2 aromatic carbocycles. The maximum absolute atomic E-state index is 12.7. The van der Waals surface area contributed by atoms with E-state index in [4.69, 9.17) is 4.74 Å². The second-order valence-corrected chi connectivity index (χ2v) is 10.8. The Balaban J connectivity index is 1.36. The van der Waals surface area contributed by atoms with E-state index in [1.165, 1.54) is 0 Å². The monoisotopic (exact) mass is 487 g/mol. The van der Waals surface area contributed by atoms with Gasteiger partial charge in [0.1, 0.15) is 11.9 Å². The highest BCUT2D eigenvalue weighted by atomic mass is 32.2. The molecule has 0 spiro atoms. The summed E-state index contributed by atoms with van der Waals surface area (Å²) < 4.78 is 33.6. The summed E-state index contributed by atoms with van der Waals surface area (Å²) in [4.78, 5) is 14.6. The van der Waals surface area contributed by atoms with E-state index in [-0.39, 0.29) is 21.5 Å². The molecule has 1 fully saturated rings. The van der Waals surface area contributed by atoms with Crippen LogP contribution in [0.5, 0.6) is 5.75 Å². The average molecular weight is 488 g/mol. The normalized spacial score (nSPS) is 15.2. The molecule has 1 aliphatic rings. The van der Waals surface area contributed by atoms with Crippen LogP contribution in [0.3, 0.4) is 0 Å². The number of rotatable bonds is 7. The zero-order valence-electron chi connectivity index (χ0n) is 18.3. The lowest BCUT2D eigenvalue weighted by molar-refractivity contribution is 0.102. The van der Waals surface area contributed by atoms with E-state index in [9.17, 15) is 13.2 Å². The number of carbonyl (C=O) groups is 1. The number of piperidine rings is 1. The molecule has 3 aromatic rings. The Morgan fingerprint density at radius 2 is 1.73 bits per heavy atom. The molecule has 1 amide bonds. The molecular weight excluding hydrogens is 462 g/mol. The van der Waals surface area contributed by atoms with Gasteiger partial charge in [-0.05, 0) is 63.2 Å². The van der Waals surface area contributed by atoms with E-state index in [0.29, 0.717) is 17.0 Å². The van der Waals surface area contributed by atoms with Crippen molar-refractivity contribution in [2.24, 2.45) is 0 Å². The summed E-state index contributed by atoms with van der Waals surface area (Å²) in [7, 11) is -1.85. The fourth-order valence-corrected chi connectivity index (χ4v) is 5.29. The van der Waals surface area contributed by atoms with Crippen molar-refractivity contribution >= 4 is 38.1 Å². The zero-order chi connectivity index (χ0) is 23.4. The number of likely N-dealkylation sites (tertiary alicyclic amines) is 1. The Bertz CT molecular complexity index is 1200. The number of carbonyl (C=O) groups excluding carboxylic acids is 1. The number of hydrogen-bond donors (Lipinski definition) is 2. The van der Waals surface area contributed by atoms with Crippen LogP contribution < -0.4 is 14.8 Å². The van der Waals surface area contributed by atoms with Crippen LogP contribution in [0.1, 0.15) is 28.8 Å². The molecule has 1 aliphatic heterocycles. The first-order chi connectivity index (χ1) is 15.8. The molecule has 0 aliphatic carbocycles. The first-order valence-corrected chi connectivity index (χ1v) is 12.8. The van der Waals surface area contributed by atoms with Crippen LogP contribution >= 0.6 is 11.3 Å². The second kappa shape index (κ2) is 9.86. The first kappa shape index (κ1) is 23.1. The molecule has 0 radical (unpaired) electrons. The molecule has 174 valence electrons. The third kappa shape index (κ3) is 6.06. The average Bonchev–Trinajstić information content (AvgIpc) is 3.26. The molecule has 2 N–H and O–H groups in total. The van der Waals surface area contributed by atoms with Gasteiger partial charge in [-0.3, -0.25) is 14.8 Å². The summed E-state index contributed by atoms with van der Waals surface area (Å²) in [6, 6.07) is 13.8. The van der Waals surface area contributed by atoms with Crippen molar-refractivity contribution in [1.82, 2.24) is 15.1 Å². The Labute approximate surface area is 196 Å². The van der Waals surface area contributed by atoms with E-state index < -0.39 is 10.0 Å². The number of nitrogens with one attached hydrogen (secondary N) is 2. The maximum Gasteiger partial charge on any atom is 0.291 e. The van der Waals surface area contributed by atoms with Crippen LogP contribution in [-0.4, -0.2) is 55.7 Å². The summed E-state index contributed by atoms with van der Waals surface area (Å²) in [5, 5.41) is 10.2. The quantitative estimate of drug-likeness (QED) is 0.491. The number of amides is 1. The molecule has 33 heavy (non-hydrogen) atoms. The van der Waals surface area contributed by atoms with Gasteiger partial charge in [0.25, 0.3) is 20.3 Å². The number of anilines is 2. The lowest BCUT2D eigenvalue weighted by Crippen LogP contribution is -2.35. The van der Waals surface area contributed by atoms with E-state index in [2.05, 4.69) is 32.2 Å². The van der Waals surface area contributed by atoms with Crippen LogP contribution in [-0.2, 0) is 10.0 Å². The lowest BCUT2D eigenvalue weighted by atomic mass is 10.1. The van der Waals surface area contributed by atoms with E-state index >= 15 is 0 Å². The van der Waals surface area contributed by atoms with Crippen molar-refractivity contribution in [2.75, 3.05) is 30.2 Å². The summed E-state index contributed by atoms with van der Waals surface area (Å²) >= 11 is 0.779.